The van der Waals surface area contributed by atoms with Gasteiger partial charge < -0.3 is 5.73 Å². The lowest BCUT2D eigenvalue weighted by Gasteiger charge is -2.42. The van der Waals surface area contributed by atoms with E-state index in [1.807, 2.05) is 0 Å². The molecule has 0 radical (unpaired) electrons. The van der Waals surface area contributed by atoms with Crippen LogP contribution < -0.4 is 5.73 Å². The Balaban J connectivity index is 2.49. The number of nitrogens with two attached hydrogens (primary N) is 1. The summed E-state index contributed by atoms with van der Waals surface area (Å²) in [7, 11) is 0. The van der Waals surface area contributed by atoms with Crippen LogP contribution in [0, 0.1) is 11.3 Å². The fourth-order valence-corrected chi connectivity index (χ4v) is 2.93. The summed E-state index contributed by atoms with van der Waals surface area (Å²) in [4.78, 5) is 0. The lowest BCUT2D eigenvalue weighted by atomic mass is 9.65. The maximum atomic E-state index is 6.33. The Morgan fingerprint density at radius 3 is 2.67 bits per heavy atom. The molecule has 2 atom stereocenters. The molecule has 0 aromatic rings. The molecule has 0 bridgehead atoms. The van der Waals surface area contributed by atoms with Crippen LogP contribution in [0.15, 0.2) is 12.2 Å². The van der Waals surface area contributed by atoms with Gasteiger partial charge in [-0.15, -0.1) is 6.58 Å². The summed E-state index contributed by atoms with van der Waals surface area (Å²) in [5.74, 6) is 0.714. The molecule has 0 aromatic carbocycles. The number of rotatable bonds is 4. The van der Waals surface area contributed by atoms with Crippen molar-refractivity contribution in [1.82, 2.24) is 0 Å². The predicted octanol–water partition coefficient (Wildman–Crippen LogP) is 3.89. The monoisotopic (exact) mass is 209 g/mol. The van der Waals surface area contributed by atoms with Crippen LogP contribution in [-0.4, -0.2) is 6.04 Å². The second kappa shape index (κ2) is 5.16. The van der Waals surface area contributed by atoms with Gasteiger partial charge in [-0.05, 0) is 43.9 Å². The van der Waals surface area contributed by atoms with Crippen LogP contribution in [0.1, 0.15) is 59.3 Å². The van der Waals surface area contributed by atoms with Crippen LogP contribution in [0.4, 0.5) is 0 Å². The van der Waals surface area contributed by atoms with Crippen LogP contribution in [0.25, 0.3) is 0 Å². The van der Waals surface area contributed by atoms with E-state index in [-0.39, 0.29) is 0 Å². The van der Waals surface area contributed by atoms with Gasteiger partial charge in [0.2, 0.25) is 0 Å². The van der Waals surface area contributed by atoms with Gasteiger partial charge in [-0.1, -0.05) is 32.3 Å². The molecular formula is C14H27N. The van der Waals surface area contributed by atoms with Crippen molar-refractivity contribution in [2.24, 2.45) is 17.1 Å². The van der Waals surface area contributed by atoms with Crippen molar-refractivity contribution in [2.45, 2.75) is 65.3 Å². The maximum absolute atomic E-state index is 6.33. The summed E-state index contributed by atoms with van der Waals surface area (Å²) >= 11 is 0. The van der Waals surface area contributed by atoms with Crippen LogP contribution in [-0.2, 0) is 0 Å². The lowest BCUT2D eigenvalue weighted by Crippen LogP contribution is -2.41. The van der Waals surface area contributed by atoms with Gasteiger partial charge in [0, 0.05) is 6.04 Å². The summed E-state index contributed by atoms with van der Waals surface area (Å²) in [6.07, 6.45) is 7.63. The molecule has 1 heteroatoms. The van der Waals surface area contributed by atoms with E-state index < -0.39 is 0 Å². The van der Waals surface area contributed by atoms with Crippen molar-refractivity contribution in [2.75, 3.05) is 0 Å². The van der Waals surface area contributed by atoms with Crippen molar-refractivity contribution in [3.05, 3.63) is 12.2 Å². The van der Waals surface area contributed by atoms with E-state index in [0.717, 1.165) is 12.8 Å². The second-order valence-corrected chi connectivity index (χ2v) is 6.00. The van der Waals surface area contributed by atoms with Gasteiger partial charge in [0.15, 0.2) is 0 Å². The van der Waals surface area contributed by atoms with Gasteiger partial charge in [0.05, 0.1) is 0 Å². The van der Waals surface area contributed by atoms with E-state index in [9.17, 15) is 0 Å². The van der Waals surface area contributed by atoms with Gasteiger partial charge >= 0.3 is 0 Å². The van der Waals surface area contributed by atoms with E-state index in [1.165, 1.54) is 31.3 Å². The van der Waals surface area contributed by atoms with Crippen LogP contribution in [0.3, 0.4) is 0 Å². The molecule has 0 heterocycles. The average Bonchev–Trinajstić information content (AvgIpc) is 2.13. The van der Waals surface area contributed by atoms with E-state index in [2.05, 4.69) is 27.4 Å². The molecule has 0 aromatic heterocycles. The Morgan fingerprint density at radius 2 is 2.13 bits per heavy atom. The topological polar surface area (TPSA) is 26.0 Å². The zero-order valence-corrected chi connectivity index (χ0v) is 10.7. The third-order valence-corrected chi connectivity index (χ3v) is 4.01. The molecule has 1 aliphatic rings. The molecule has 1 fully saturated rings. The normalized spacial score (nSPS) is 27.3. The first-order valence-electron chi connectivity index (χ1n) is 6.33. The molecule has 1 rings (SSSR count). The standard InChI is InChI=1S/C14H27N/c1-11(2)8-9-13(15)12-7-5-6-10-14(12,3)4/h12-13H,1,5-10,15H2,2-4H3. The Kier molecular flexibility index (Phi) is 4.39. The summed E-state index contributed by atoms with van der Waals surface area (Å²) < 4.78 is 0. The first kappa shape index (κ1) is 12.8. The largest absolute Gasteiger partial charge is 0.327 e. The Bertz CT molecular complexity index is 217. The molecule has 2 N–H and O–H groups in total. The summed E-state index contributed by atoms with van der Waals surface area (Å²) in [5.41, 5.74) is 8.05. The predicted molar refractivity (Wildman–Crippen MR) is 67.8 cm³/mol. The molecule has 0 saturated heterocycles. The molecule has 88 valence electrons. The minimum absolute atomic E-state index is 0.372. The third-order valence-electron chi connectivity index (χ3n) is 4.01. The molecule has 1 saturated carbocycles. The van der Waals surface area contributed by atoms with Crippen LogP contribution in [0.2, 0.25) is 0 Å². The minimum Gasteiger partial charge on any atom is -0.327 e. The number of allylic oxidation sites excluding steroid dienone is 1. The van der Waals surface area contributed by atoms with E-state index in [4.69, 9.17) is 5.73 Å². The van der Waals surface area contributed by atoms with Crippen molar-refractivity contribution in [1.29, 1.82) is 0 Å². The third kappa shape index (κ3) is 3.64. The molecule has 0 spiro atoms. The highest BCUT2D eigenvalue weighted by molar-refractivity contribution is 4.93. The summed E-state index contributed by atoms with van der Waals surface area (Å²) in [6.45, 7) is 10.8. The highest BCUT2D eigenvalue weighted by Crippen LogP contribution is 2.42. The Morgan fingerprint density at radius 1 is 1.47 bits per heavy atom. The van der Waals surface area contributed by atoms with E-state index in [1.54, 1.807) is 0 Å². The van der Waals surface area contributed by atoms with Crippen LogP contribution in [0.5, 0.6) is 0 Å². The highest BCUT2D eigenvalue weighted by Gasteiger charge is 2.35. The fraction of sp³-hybridized carbons (Fsp3) is 0.857. The first-order chi connectivity index (χ1) is 6.93. The minimum atomic E-state index is 0.372. The number of hydrogen-bond donors (Lipinski definition) is 1. The Labute approximate surface area is 95.1 Å². The molecule has 2 unspecified atom stereocenters. The van der Waals surface area contributed by atoms with Crippen molar-refractivity contribution in [3.8, 4) is 0 Å². The van der Waals surface area contributed by atoms with Gasteiger partial charge in [0.1, 0.15) is 0 Å². The van der Waals surface area contributed by atoms with Crippen LogP contribution >= 0.6 is 0 Å². The lowest BCUT2D eigenvalue weighted by molar-refractivity contribution is 0.109. The molecule has 15 heavy (non-hydrogen) atoms. The first-order valence-corrected chi connectivity index (χ1v) is 6.33. The molecule has 1 aliphatic carbocycles. The number of hydrogen-bond acceptors (Lipinski definition) is 1. The highest BCUT2D eigenvalue weighted by atomic mass is 14.7. The summed E-state index contributed by atoms with van der Waals surface area (Å²) in [6, 6.07) is 0.372. The second-order valence-electron chi connectivity index (χ2n) is 6.00. The Hall–Kier alpha value is -0.300. The fourth-order valence-electron chi connectivity index (χ4n) is 2.93. The molecule has 0 amide bonds. The van der Waals surface area contributed by atoms with Crippen molar-refractivity contribution >= 4 is 0 Å². The quantitative estimate of drug-likeness (QED) is 0.698. The van der Waals surface area contributed by atoms with Gasteiger partial charge in [-0.25, -0.2) is 0 Å². The molecule has 0 aliphatic heterocycles. The zero-order valence-electron chi connectivity index (χ0n) is 10.7. The molecular weight excluding hydrogens is 182 g/mol. The SMILES string of the molecule is C=C(C)CCC(N)C1CCCCC1(C)C. The summed E-state index contributed by atoms with van der Waals surface area (Å²) in [5, 5.41) is 0. The van der Waals surface area contributed by atoms with E-state index >= 15 is 0 Å². The molecule has 1 nitrogen and oxygen atoms in total. The van der Waals surface area contributed by atoms with Gasteiger partial charge in [0.25, 0.3) is 0 Å². The van der Waals surface area contributed by atoms with Crippen molar-refractivity contribution < 1.29 is 0 Å². The van der Waals surface area contributed by atoms with Gasteiger partial charge in [-0.2, -0.15) is 0 Å². The van der Waals surface area contributed by atoms with Gasteiger partial charge in [-0.3, -0.25) is 0 Å². The smallest absolute Gasteiger partial charge is 0.00753 e. The average molecular weight is 209 g/mol. The maximum Gasteiger partial charge on any atom is 0.00753 e. The zero-order chi connectivity index (χ0) is 11.5. The van der Waals surface area contributed by atoms with E-state index in [0.29, 0.717) is 17.4 Å². The van der Waals surface area contributed by atoms with Crippen molar-refractivity contribution in [3.63, 3.8) is 0 Å².